The molecule has 2 nitrogen and oxygen atoms in total. The third kappa shape index (κ3) is 1.55. The Bertz CT molecular complexity index is 169. The summed E-state index contributed by atoms with van der Waals surface area (Å²) in [6.07, 6.45) is 1.76. The van der Waals surface area contributed by atoms with Crippen molar-refractivity contribution in [1.82, 2.24) is 4.90 Å². The van der Waals surface area contributed by atoms with Crippen molar-refractivity contribution in [3.63, 3.8) is 0 Å². The molecule has 0 N–H and O–H groups in total. The van der Waals surface area contributed by atoms with Gasteiger partial charge in [0.25, 0.3) is 0 Å². The van der Waals surface area contributed by atoms with Gasteiger partial charge in [0.15, 0.2) is 0 Å². The molecule has 0 aromatic carbocycles. The lowest BCUT2D eigenvalue weighted by molar-refractivity contribution is -0.133. The molecule has 1 saturated heterocycles. The van der Waals surface area contributed by atoms with Gasteiger partial charge in [0.1, 0.15) is 0 Å². The van der Waals surface area contributed by atoms with Gasteiger partial charge in [0, 0.05) is 18.0 Å². The van der Waals surface area contributed by atoms with Gasteiger partial charge in [-0.05, 0) is 34.1 Å². The second-order valence-corrected chi connectivity index (χ2v) is 4.32. The maximum Gasteiger partial charge on any atom is 0.223 e. The summed E-state index contributed by atoms with van der Waals surface area (Å²) in [5.41, 5.74) is 0.00694. The second kappa shape index (κ2) is 2.50. The van der Waals surface area contributed by atoms with Crippen molar-refractivity contribution < 1.29 is 4.79 Å². The van der Waals surface area contributed by atoms with Gasteiger partial charge in [0.2, 0.25) is 5.91 Å². The first-order chi connectivity index (χ1) is 4.93. The van der Waals surface area contributed by atoms with Crippen LogP contribution in [-0.4, -0.2) is 22.4 Å². The smallest absolute Gasteiger partial charge is 0.223 e. The highest BCUT2D eigenvalue weighted by atomic mass is 16.2. The Kier molecular flexibility index (Phi) is 1.95. The van der Waals surface area contributed by atoms with Gasteiger partial charge in [-0.3, -0.25) is 4.79 Å². The molecule has 0 spiro atoms. The first-order valence-electron chi connectivity index (χ1n) is 4.25. The molecule has 0 aromatic heterocycles. The number of carbonyl (C=O) groups is 1. The van der Waals surface area contributed by atoms with Gasteiger partial charge < -0.3 is 4.90 Å². The number of amides is 1. The van der Waals surface area contributed by atoms with Crippen molar-refractivity contribution in [1.29, 1.82) is 0 Å². The molecule has 1 aliphatic heterocycles. The lowest BCUT2D eigenvalue weighted by Crippen LogP contribution is -2.45. The normalized spacial score (nSPS) is 26.4. The van der Waals surface area contributed by atoms with Gasteiger partial charge in [0.05, 0.1) is 0 Å². The number of carbonyl (C=O) groups excluding carboxylic acids is 1. The van der Waals surface area contributed by atoms with Gasteiger partial charge >= 0.3 is 0 Å². The fourth-order valence-corrected chi connectivity index (χ4v) is 1.86. The maximum absolute atomic E-state index is 11.4. The van der Waals surface area contributed by atoms with E-state index in [1.54, 1.807) is 0 Å². The van der Waals surface area contributed by atoms with Crippen LogP contribution in [0.4, 0.5) is 0 Å². The molecule has 1 rings (SSSR count). The Labute approximate surface area is 68.6 Å². The number of hydrogen-bond donors (Lipinski definition) is 0. The molecule has 0 aromatic rings. The predicted molar refractivity (Wildman–Crippen MR) is 45.3 cm³/mol. The van der Waals surface area contributed by atoms with E-state index in [-0.39, 0.29) is 5.54 Å². The summed E-state index contributed by atoms with van der Waals surface area (Å²) in [6, 6.07) is 0.433. The van der Waals surface area contributed by atoms with Crippen LogP contribution in [0.25, 0.3) is 0 Å². The van der Waals surface area contributed by atoms with E-state index >= 15 is 0 Å². The summed E-state index contributed by atoms with van der Waals surface area (Å²) in [4.78, 5) is 13.4. The quantitative estimate of drug-likeness (QED) is 0.522. The van der Waals surface area contributed by atoms with E-state index in [9.17, 15) is 4.79 Å². The SMILES string of the molecule is C[C@H]1CCC(=O)N1C(C)(C)C. The van der Waals surface area contributed by atoms with Gasteiger partial charge in [-0.25, -0.2) is 0 Å². The van der Waals surface area contributed by atoms with Crippen LogP contribution in [0.15, 0.2) is 0 Å². The zero-order valence-electron chi connectivity index (χ0n) is 7.85. The average molecular weight is 155 g/mol. The molecule has 0 unspecified atom stereocenters. The van der Waals surface area contributed by atoms with Gasteiger partial charge in [-0.15, -0.1) is 0 Å². The molecule has 1 heterocycles. The molecule has 1 aliphatic rings. The summed E-state index contributed by atoms with van der Waals surface area (Å²) in [5, 5.41) is 0. The fourth-order valence-electron chi connectivity index (χ4n) is 1.86. The Balaban J connectivity index is 2.77. The number of hydrogen-bond acceptors (Lipinski definition) is 1. The molecule has 2 heteroatoms. The Hall–Kier alpha value is -0.530. The van der Waals surface area contributed by atoms with Crippen molar-refractivity contribution >= 4 is 5.91 Å². The highest BCUT2D eigenvalue weighted by Crippen LogP contribution is 2.26. The van der Waals surface area contributed by atoms with E-state index in [0.29, 0.717) is 11.9 Å². The standard InChI is InChI=1S/C9H17NO/c1-7-5-6-8(11)10(7)9(2,3)4/h7H,5-6H2,1-4H3/t7-/m0/s1. The largest absolute Gasteiger partial charge is 0.335 e. The first kappa shape index (κ1) is 8.57. The Morgan fingerprint density at radius 3 is 2.18 bits per heavy atom. The number of nitrogens with zero attached hydrogens (tertiary/aromatic N) is 1. The highest BCUT2D eigenvalue weighted by molar-refractivity contribution is 5.79. The monoisotopic (exact) mass is 155 g/mol. The van der Waals surface area contributed by atoms with Gasteiger partial charge in [-0.2, -0.15) is 0 Å². The van der Waals surface area contributed by atoms with Crippen LogP contribution in [0.2, 0.25) is 0 Å². The first-order valence-corrected chi connectivity index (χ1v) is 4.25. The Morgan fingerprint density at radius 1 is 1.45 bits per heavy atom. The van der Waals surface area contributed by atoms with E-state index in [1.165, 1.54) is 0 Å². The Morgan fingerprint density at radius 2 is 2.00 bits per heavy atom. The van der Waals surface area contributed by atoms with E-state index in [4.69, 9.17) is 0 Å². The summed E-state index contributed by atoms with van der Waals surface area (Å²) in [5.74, 6) is 0.310. The number of rotatable bonds is 0. The summed E-state index contributed by atoms with van der Waals surface area (Å²) >= 11 is 0. The van der Waals surface area contributed by atoms with Crippen LogP contribution < -0.4 is 0 Å². The van der Waals surface area contributed by atoms with Crippen molar-refractivity contribution in [2.45, 2.75) is 52.1 Å². The molecule has 1 amide bonds. The lowest BCUT2D eigenvalue weighted by atomic mass is 10.1. The molecule has 0 radical (unpaired) electrons. The minimum absolute atomic E-state index is 0.00694. The minimum atomic E-state index is 0.00694. The number of likely N-dealkylation sites (tertiary alicyclic amines) is 1. The maximum atomic E-state index is 11.4. The van der Waals surface area contributed by atoms with Crippen LogP contribution in [-0.2, 0) is 4.79 Å². The average Bonchev–Trinajstić information content (AvgIpc) is 2.08. The molecule has 0 bridgehead atoms. The van der Waals surface area contributed by atoms with Crippen LogP contribution >= 0.6 is 0 Å². The summed E-state index contributed by atoms with van der Waals surface area (Å²) < 4.78 is 0. The molecule has 1 fully saturated rings. The van der Waals surface area contributed by atoms with Crippen molar-refractivity contribution in [3.8, 4) is 0 Å². The molecule has 0 aliphatic carbocycles. The fraction of sp³-hybridized carbons (Fsp3) is 0.889. The van der Waals surface area contributed by atoms with Crippen LogP contribution in [0.1, 0.15) is 40.5 Å². The third-order valence-corrected chi connectivity index (χ3v) is 2.21. The molecular weight excluding hydrogens is 138 g/mol. The second-order valence-electron chi connectivity index (χ2n) is 4.32. The third-order valence-electron chi connectivity index (χ3n) is 2.21. The highest BCUT2D eigenvalue weighted by Gasteiger charge is 2.35. The topological polar surface area (TPSA) is 20.3 Å². The van der Waals surface area contributed by atoms with Crippen LogP contribution in [0.5, 0.6) is 0 Å². The molecule has 1 atom stereocenters. The van der Waals surface area contributed by atoms with Gasteiger partial charge in [-0.1, -0.05) is 0 Å². The molecule has 64 valence electrons. The molecular formula is C9H17NO. The minimum Gasteiger partial charge on any atom is -0.335 e. The van der Waals surface area contributed by atoms with Crippen molar-refractivity contribution in [2.24, 2.45) is 0 Å². The van der Waals surface area contributed by atoms with Crippen LogP contribution in [0, 0.1) is 0 Å². The van der Waals surface area contributed by atoms with Crippen molar-refractivity contribution in [3.05, 3.63) is 0 Å². The van der Waals surface area contributed by atoms with E-state index in [1.807, 2.05) is 4.90 Å². The van der Waals surface area contributed by atoms with Crippen molar-refractivity contribution in [2.75, 3.05) is 0 Å². The zero-order chi connectivity index (χ0) is 8.65. The summed E-state index contributed by atoms with van der Waals surface area (Å²) in [6.45, 7) is 8.39. The zero-order valence-corrected chi connectivity index (χ0v) is 7.85. The van der Waals surface area contributed by atoms with E-state index in [0.717, 1.165) is 12.8 Å². The van der Waals surface area contributed by atoms with Crippen LogP contribution in [0.3, 0.4) is 0 Å². The lowest BCUT2D eigenvalue weighted by Gasteiger charge is -2.35. The molecule has 11 heavy (non-hydrogen) atoms. The summed E-state index contributed by atoms with van der Waals surface area (Å²) in [7, 11) is 0. The van der Waals surface area contributed by atoms with E-state index in [2.05, 4.69) is 27.7 Å². The molecule has 0 saturated carbocycles. The predicted octanol–water partition coefficient (Wildman–Crippen LogP) is 1.80. The van der Waals surface area contributed by atoms with E-state index < -0.39 is 0 Å².